The van der Waals surface area contributed by atoms with Gasteiger partial charge in [-0.3, -0.25) is 4.79 Å². The van der Waals surface area contributed by atoms with Gasteiger partial charge in [0.05, 0.1) is 7.11 Å². The Hall–Kier alpha value is -2.49. The van der Waals surface area contributed by atoms with Crippen LogP contribution in [-0.4, -0.2) is 19.6 Å². The lowest BCUT2D eigenvalue weighted by molar-refractivity contribution is -0.117. The van der Waals surface area contributed by atoms with Crippen LogP contribution in [0.2, 0.25) is 0 Å². The second-order valence-corrected chi connectivity index (χ2v) is 8.74. The molecule has 4 nitrogen and oxygen atoms in total. The Balaban J connectivity index is 1.53. The number of hydrogen-bond acceptors (Lipinski definition) is 3. The van der Waals surface area contributed by atoms with E-state index < -0.39 is 0 Å². The Labute approximate surface area is 167 Å². The van der Waals surface area contributed by atoms with E-state index in [4.69, 9.17) is 4.74 Å². The number of nitrogens with zero attached hydrogens (tertiary/aromatic N) is 1. The van der Waals surface area contributed by atoms with Crippen molar-refractivity contribution in [1.82, 2.24) is 0 Å². The lowest BCUT2D eigenvalue weighted by Gasteiger charge is -2.33. The van der Waals surface area contributed by atoms with E-state index >= 15 is 0 Å². The Morgan fingerprint density at radius 1 is 1.21 bits per heavy atom. The molecule has 0 spiro atoms. The number of carbonyl (C=O) groups excluding carboxylic acids is 1. The van der Waals surface area contributed by atoms with E-state index in [2.05, 4.69) is 49.2 Å². The van der Waals surface area contributed by atoms with Crippen molar-refractivity contribution in [2.75, 3.05) is 23.9 Å². The van der Waals surface area contributed by atoms with Crippen LogP contribution < -0.4 is 15.0 Å². The first-order valence-electron chi connectivity index (χ1n) is 10.2. The van der Waals surface area contributed by atoms with Crippen molar-refractivity contribution in [3.8, 4) is 5.75 Å². The predicted molar refractivity (Wildman–Crippen MR) is 114 cm³/mol. The molecular weight excluding hydrogens is 348 g/mol. The Morgan fingerprint density at radius 2 is 1.93 bits per heavy atom. The summed E-state index contributed by atoms with van der Waals surface area (Å²) in [5.41, 5.74) is 7.62. The molecule has 1 N–H and O–H groups in total. The number of benzene rings is 2. The van der Waals surface area contributed by atoms with Crippen molar-refractivity contribution >= 4 is 17.3 Å². The lowest BCUT2D eigenvalue weighted by atomic mass is 9.91. The molecule has 2 aromatic rings. The number of anilines is 2. The molecule has 0 unspecified atom stereocenters. The number of aryl methyl sites for hydroxylation is 1. The van der Waals surface area contributed by atoms with Gasteiger partial charge in [-0.15, -0.1) is 0 Å². The van der Waals surface area contributed by atoms with Crippen LogP contribution >= 0.6 is 0 Å². The van der Waals surface area contributed by atoms with E-state index in [-0.39, 0.29) is 11.3 Å². The van der Waals surface area contributed by atoms with Crippen molar-refractivity contribution in [2.45, 2.75) is 53.0 Å². The van der Waals surface area contributed by atoms with Gasteiger partial charge in [0, 0.05) is 30.9 Å². The summed E-state index contributed by atoms with van der Waals surface area (Å²) in [5.74, 6) is 1.04. The largest absolute Gasteiger partial charge is 0.497 e. The van der Waals surface area contributed by atoms with Gasteiger partial charge in [0.15, 0.2) is 0 Å². The van der Waals surface area contributed by atoms with Gasteiger partial charge < -0.3 is 15.0 Å². The summed E-state index contributed by atoms with van der Waals surface area (Å²) in [6.45, 7) is 8.34. The lowest BCUT2D eigenvalue weighted by Crippen LogP contribution is -2.31. The molecule has 2 aromatic carbocycles. The zero-order valence-corrected chi connectivity index (χ0v) is 17.4. The highest BCUT2D eigenvalue weighted by Gasteiger charge is 2.39. The molecule has 1 fully saturated rings. The third kappa shape index (κ3) is 3.73. The molecule has 1 heterocycles. The maximum atomic E-state index is 12.5. The van der Waals surface area contributed by atoms with Gasteiger partial charge in [0.2, 0.25) is 5.91 Å². The summed E-state index contributed by atoms with van der Waals surface area (Å²) < 4.78 is 5.27. The molecule has 0 atom stereocenters. The van der Waals surface area contributed by atoms with Gasteiger partial charge in [0.25, 0.3) is 0 Å². The highest BCUT2D eigenvalue weighted by molar-refractivity contribution is 5.93. The number of methoxy groups -OCH3 is 1. The summed E-state index contributed by atoms with van der Waals surface area (Å²) in [7, 11) is 1.69. The minimum Gasteiger partial charge on any atom is -0.497 e. The third-order valence-electron chi connectivity index (χ3n) is 6.39. The van der Waals surface area contributed by atoms with Crippen LogP contribution in [0.1, 0.15) is 48.4 Å². The fourth-order valence-corrected chi connectivity index (χ4v) is 4.30. The SMILES string of the molecule is COc1ccc(N2CCc3c(cc(C)c(NC(=O)CC4(C)CC4)c3C)C2)cc1. The second kappa shape index (κ2) is 7.16. The minimum absolute atomic E-state index is 0.154. The first kappa shape index (κ1) is 18.9. The number of amides is 1. The van der Waals surface area contributed by atoms with Gasteiger partial charge in [0.1, 0.15) is 5.75 Å². The quantitative estimate of drug-likeness (QED) is 0.796. The van der Waals surface area contributed by atoms with Gasteiger partial charge in [-0.05, 0) is 85.0 Å². The molecule has 0 saturated heterocycles. The molecule has 1 amide bonds. The molecule has 4 rings (SSSR count). The van der Waals surface area contributed by atoms with E-state index in [1.54, 1.807) is 7.11 Å². The molecule has 2 aliphatic rings. The van der Waals surface area contributed by atoms with Crippen LogP contribution in [0.5, 0.6) is 5.75 Å². The molecule has 1 aliphatic carbocycles. The minimum atomic E-state index is 0.154. The number of nitrogens with one attached hydrogen (secondary N) is 1. The second-order valence-electron chi connectivity index (χ2n) is 8.74. The van der Waals surface area contributed by atoms with Gasteiger partial charge in [-0.1, -0.05) is 13.0 Å². The average molecular weight is 379 g/mol. The number of carbonyl (C=O) groups is 1. The Morgan fingerprint density at radius 3 is 2.57 bits per heavy atom. The van der Waals surface area contributed by atoms with Crippen LogP contribution in [-0.2, 0) is 17.8 Å². The third-order valence-corrected chi connectivity index (χ3v) is 6.39. The summed E-state index contributed by atoms with van der Waals surface area (Å²) in [4.78, 5) is 14.9. The molecule has 0 radical (unpaired) electrons. The topological polar surface area (TPSA) is 41.6 Å². The zero-order valence-electron chi connectivity index (χ0n) is 17.4. The number of hydrogen-bond donors (Lipinski definition) is 1. The monoisotopic (exact) mass is 378 g/mol. The van der Waals surface area contributed by atoms with Gasteiger partial charge in [-0.2, -0.15) is 0 Å². The van der Waals surface area contributed by atoms with Crippen molar-refractivity contribution in [2.24, 2.45) is 5.41 Å². The van der Waals surface area contributed by atoms with Gasteiger partial charge in [-0.25, -0.2) is 0 Å². The van der Waals surface area contributed by atoms with Crippen LogP contribution in [0, 0.1) is 19.3 Å². The number of ether oxygens (including phenoxy) is 1. The average Bonchev–Trinajstić information content (AvgIpc) is 3.41. The smallest absolute Gasteiger partial charge is 0.224 e. The maximum Gasteiger partial charge on any atom is 0.224 e. The predicted octanol–water partition coefficient (Wildman–Crippen LogP) is 5.00. The van der Waals surface area contributed by atoms with Crippen molar-refractivity contribution in [3.05, 3.63) is 52.6 Å². The van der Waals surface area contributed by atoms with Crippen LogP contribution in [0.25, 0.3) is 0 Å². The highest BCUT2D eigenvalue weighted by Crippen LogP contribution is 2.48. The molecule has 0 bridgehead atoms. The first-order valence-corrected chi connectivity index (χ1v) is 10.2. The van der Waals surface area contributed by atoms with Crippen LogP contribution in [0.15, 0.2) is 30.3 Å². The zero-order chi connectivity index (χ0) is 19.9. The van der Waals surface area contributed by atoms with Crippen molar-refractivity contribution < 1.29 is 9.53 Å². The molecular formula is C24H30N2O2. The molecule has 1 aliphatic heterocycles. The molecule has 1 saturated carbocycles. The standard InChI is InChI=1S/C24H30N2O2/c1-16-13-18-15-26(19-5-7-20(28-4)8-6-19)12-9-21(18)17(2)23(16)25-22(27)14-24(3)10-11-24/h5-8,13H,9-12,14-15H2,1-4H3,(H,25,27). The first-order chi connectivity index (χ1) is 13.4. The highest BCUT2D eigenvalue weighted by atomic mass is 16.5. The molecule has 148 valence electrons. The number of fused-ring (bicyclic) bond motifs is 1. The summed E-state index contributed by atoms with van der Waals surface area (Å²) in [6.07, 6.45) is 3.97. The van der Waals surface area contributed by atoms with Crippen LogP contribution in [0.3, 0.4) is 0 Å². The van der Waals surface area contributed by atoms with Crippen molar-refractivity contribution in [1.29, 1.82) is 0 Å². The summed E-state index contributed by atoms with van der Waals surface area (Å²) in [6, 6.07) is 10.5. The van der Waals surface area contributed by atoms with Gasteiger partial charge >= 0.3 is 0 Å². The van der Waals surface area contributed by atoms with E-state index in [0.29, 0.717) is 6.42 Å². The Kier molecular flexibility index (Phi) is 4.82. The van der Waals surface area contributed by atoms with E-state index in [0.717, 1.165) is 36.5 Å². The maximum absolute atomic E-state index is 12.5. The molecule has 0 aromatic heterocycles. The normalized spacial score (nSPS) is 17.1. The Bertz CT molecular complexity index is 898. The van der Waals surface area contributed by atoms with Crippen LogP contribution in [0.4, 0.5) is 11.4 Å². The summed E-state index contributed by atoms with van der Waals surface area (Å²) >= 11 is 0. The fourth-order valence-electron chi connectivity index (χ4n) is 4.30. The number of rotatable bonds is 5. The van der Waals surface area contributed by atoms with Crippen molar-refractivity contribution in [3.63, 3.8) is 0 Å². The molecule has 28 heavy (non-hydrogen) atoms. The van der Waals surface area contributed by atoms with E-state index in [1.165, 1.54) is 35.2 Å². The summed E-state index contributed by atoms with van der Waals surface area (Å²) in [5, 5.41) is 3.21. The molecule has 4 heteroatoms. The van der Waals surface area contributed by atoms with E-state index in [9.17, 15) is 4.79 Å². The fraction of sp³-hybridized carbons (Fsp3) is 0.458. The van der Waals surface area contributed by atoms with E-state index in [1.807, 2.05) is 12.1 Å².